The molecule has 6 nitrogen and oxygen atoms in total. The highest BCUT2D eigenvalue weighted by atomic mass is 32.2. The summed E-state index contributed by atoms with van der Waals surface area (Å²) < 4.78 is 44.7. The summed E-state index contributed by atoms with van der Waals surface area (Å²) in [5.41, 5.74) is 1.59. The van der Waals surface area contributed by atoms with Crippen molar-refractivity contribution in [1.82, 2.24) is 14.8 Å². The Kier molecular flexibility index (Phi) is 5.60. The quantitative estimate of drug-likeness (QED) is 0.637. The number of nitrogens with one attached hydrogen (secondary N) is 1. The number of nitrogens with zero attached hydrogens (tertiary/aromatic N) is 3. The fraction of sp³-hybridized carbons (Fsp3) is 0.364. The second kappa shape index (κ2) is 8.18. The van der Waals surface area contributed by atoms with Crippen LogP contribution < -0.4 is 4.72 Å². The summed E-state index contributed by atoms with van der Waals surface area (Å²) in [5, 5.41) is 8.40. The summed E-state index contributed by atoms with van der Waals surface area (Å²) >= 11 is 0. The van der Waals surface area contributed by atoms with E-state index in [0.717, 1.165) is 43.6 Å². The number of aryl methyl sites for hydroxylation is 1. The highest BCUT2D eigenvalue weighted by molar-refractivity contribution is 7.92. The second-order valence-corrected chi connectivity index (χ2v) is 9.61. The maximum Gasteiger partial charge on any atom is 0.261 e. The van der Waals surface area contributed by atoms with Crippen molar-refractivity contribution in [2.45, 2.75) is 56.9 Å². The van der Waals surface area contributed by atoms with Gasteiger partial charge in [0.2, 0.25) is 0 Å². The third kappa shape index (κ3) is 4.09. The Morgan fingerprint density at radius 3 is 2.53 bits per heavy atom. The fourth-order valence-corrected chi connectivity index (χ4v) is 4.74. The molecule has 30 heavy (non-hydrogen) atoms. The number of anilines is 1. The molecular weight excluding hydrogens is 403 g/mol. The molecule has 0 atom stereocenters. The molecule has 1 N–H and O–H groups in total. The number of hydrogen-bond acceptors (Lipinski definition) is 4. The lowest BCUT2D eigenvalue weighted by atomic mass is 10.0. The van der Waals surface area contributed by atoms with E-state index in [9.17, 15) is 12.8 Å². The van der Waals surface area contributed by atoms with Crippen LogP contribution in [-0.4, -0.2) is 23.2 Å². The lowest BCUT2D eigenvalue weighted by Crippen LogP contribution is -2.13. The van der Waals surface area contributed by atoms with E-state index in [0.29, 0.717) is 11.7 Å². The number of rotatable bonds is 5. The van der Waals surface area contributed by atoms with Crippen LogP contribution in [0.25, 0.3) is 11.4 Å². The minimum absolute atomic E-state index is 0.161. The van der Waals surface area contributed by atoms with Gasteiger partial charge in [-0.25, -0.2) is 12.8 Å². The van der Waals surface area contributed by atoms with Gasteiger partial charge in [-0.15, -0.1) is 10.2 Å². The third-order valence-corrected chi connectivity index (χ3v) is 6.82. The molecule has 0 saturated carbocycles. The van der Waals surface area contributed by atoms with Gasteiger partial charge in [0.25, 0.3) is 10.0 Å². The van der Waals surface area contributed by atoms with E-state index in [1.807, 2.05) is 18.4 Å². The molecule has 0 spiro atoms. The standard InChI is InChI=1S/C22H25FN4O2S/c1-15(2)16-7-10-18(11-8-16)30(28,29)26-17-9-12-20(23)19(14-17)22-25-24-21-6-4-3-5-13-27(21)22/h7-12,14-15,26H,3-6,13H2,1-2H3. The van der Waals surface area contributed by atoms with Crippen molar-refractivity contribution in [1.29, 1.82) is 0 Å². The molecule has 0 radical (unpaired) electrons. The van der Waals surface area contributed by atoms with Crippen molar-refractivity contribution in [3.63, 3.8) is 0 Å². The van der Waals surface area contributed by atoms with Gasteiger partial charge in [-0.3, -0.25) is 4.72 Å². The van der Waals surface area contributed by atoms with Crippen LogP contribution in [0.1, 0.15) is 50.4 Å². The van der Waals surface area contributed by atoms with Crippen molar-refractivity contribution >= 4 is 15.7 Å². The van der Waals surface area contributed by atoms with Gasteiger partial charge in [0.1, 0.15) is 11.6 Å². The van der Waals surface area contributed by atoms with Gasteiger partial charge >= 0.3 is 0 Å². The van der Waals surface area contributed by atoms with E-state index in [1.54, 1.807) is 24.3 Å². The van der Waals surface area contributed by atoms with E-state index in [-0.39, 0.29) is 16.1 Å². The van der Waals surface area contributed by atoms with Crippen molar-refractivity contribution in [2.24, 2.45) is 0 Å². The Labute approximate surface area is 176 Å². The summed E-state index contributed by atoms with van der Waals surface area (Å²) in [4.78, 5) is 0.161. The van der Waals surface area contributed by atoms with Gasteiger partial charge in [-0.2, -0.15) is 0 Å². The first-order valence-corrected chi connectivity index (χ1v) is 11.7. The van der Waals surface area contributed by atoms with Crippen LogP contribution >= 0.6 is 0 Å². The molecule has 0 saturated heterocycles. The molecule has 1 aliphatic heterocycles. The first-order chi connectivity index (χ1) is 14.3. The molecule has 0 fully saturated rings. The Hall–Kier alpha value is -2.74. The number of fused-ring (bicyclic) bond motifs is 1. The average molecular weight is 429 g/mol. The molecule has 0 bridgehead atoms. The van der Waals surface area contributed by atoms with Crippen LogP contribution in [0.5, 0.6) is 0 Å². The van der Waals surface area contributed by atoms with Gasteiger partial charge in [0, 0.05) is 18.7 Å². The average Bonchev–Trinajstić information content (AvgIpc) is 2.97. The van der Waals surface area contributed by atoms with Crippen LogP contribution in [0, 0.1) is 5.82 Å². The molecule has 0 aliphatic carbocycles. The Morgan fingerprint density at radius 2 is 1.80 bits per heavy atom. The molecule has 158 valence electrons. The first kappa shape index (κ1) is 20.5. The molecule has 4 rings (SSSR count). The molecule has 0 amide bonds. The van der Waals surface area contributed by atoms with E-state index < -0.39 is 15.8 Å². The summed E-state index contributed by atoms with van der Waals surface area (Å²) in [5.74, 6) is 1.14. The number of aromatic nitrogens is 3. The predicted octanol–water partition coefficient (Wildman–Crippen LogP) is 4.73. The van der Waals surface area contributed by atoms with E-state index in [1.165, 1.54) is 18.2 Å². The minimum Gasteiger partial charge on any atom is -0.311 e. The Balaban J connectivity index is 1.65. The second-order valence-electron chi connectivity index (χ2n) is 7.93. The molecule has 1 aliphatic rings. The summed E-state index contributed by atoms with van der Waals surface area (Å²) in [6.07, 6.45) is 3.93. The van der Waals surface area contributed by atoms with Crippen LogP contribution in [0.15, 0.2) is 47.4 Å². The highest BCUT2D eigenvalue weighted by Gasteiger charge is 2.20. The summed E-state index contributed by atoms with van der Waals surface area (Å²) in [6.45, 7) is 4.83. The molecule has 0 unspecified atom stereocenters. The van der Waals surface area contributed by atoms with E-state index in [4.69, 9.17) is 0 Å². The topological polar surface area (TPSA) is 76.9 Å². The monoisotopic (exact) mass is 428 g/mol. The van der Waals surface area contributed by atoms with E-state index in [2.05, 4.69) is 14.9 Å². The normalized spacial score (nSPS) is 14.4. The smallest absolute Gasteiger partial charge is 0.261 e. The minimum atomic E-state index is -3.79. The van der Waals surface area contributed by atoms with Crippen molar-refractivity contribution in [2.75, 3.05) is 4.72 Å². The Bertz CT molecular complexity index is 1150. The first-order valence-electron chi connectivity index (χ1n) is 10.2. The van der Waals surface area contributed by atoms with Crippen molar-refractivity contribution < 1.29 is 12.8 Å². The van der Waals surface area contributed by atoms with Gasteiger partial charge in [-0.1, -0.05) is 32.4 Å². The lowest BCUT2D eigenvalue weighted by molar-refractivity contribution is 0.600. The van der Waals surface area contributed by atoms with Gasteiger partial charge < -0.3 is 4.57 Å². The zero-order chi connectivity index (χ0) is 21.3. The zero-order valence-corrected chi connectivity index (χ0v) is 17.9. The lowest BCUT2D eigenvalue weighted by Gasteiger charge is -2.12. The van der Waals surface area contributed by atoms with Crippen molar-refractivity contribution in [3.8, 4) is 11.4 Å². The van der Waals surface area contributed by atoms with Crippen LogP contribution in [0.4, 0.5) is 10.1 Å². The number of benzene rings is 2. The van der Waals surface area contributed by atoms with Crippen LogP contribution in [0.2, 0.25) is 0 Å². The molecule has 2 heterocycles. The van der Waals surface area contributed by atoms with Crippen LogP contribution in [0.3, 0.4) is 0 Å². The zero-order valence-electron chi connectivity index (χ0n) is 17.1. The largest absolute Gasteiger partial charge is 0.311 e. The van der Waals surface area contributed by atoms with Crippen LogP contribution in [-0.2, 0) is 23.0 Å². The molecule has 2 aromatic carbocycles. The Morgan fingerprint density at radius 1 is 1.03 bits per heavy atom. The van der Waals surface area contributed by atoms with Crippen molar-refractivity contribution in [3.05, 3.63) is 59.7 Å². The van der Waals surface area contributed by atoms with Gasteiger partial charge in [0.15, 0.2) is 5.82 Å². The summed E-state index contributed by atoms with van der Waals surface area (Å²) in [7, 11) is -3.79. The van der Waals surface area contributed by atoms with Gasteiger partial charge in [0.05, 0.1) is 10.5 Å². The highest BCUT2D eigenvalue weighted by Crippen LogP contribution is 2.28. The number of hydrogen-bond donors (Lipinski definition) is 1. The summed E-state index contributed by atoms with van der Waals surface area (Å²) in [6, 6.07) is 10.9. The maximum atomic E-state index is 14.6. The van der Waals surface area contributed by atoms with Gasteiger partial charge in [-0.05, 0) is 54.7 Å². The molecular formula is C22H25FN4O2S. The molecule has 3 aromatic rings. The molecule has 1 aromatic heterocycles. The SMILES string of the molecule is CC(C)c1ccc(S(=O)(=O)Nc2ccc(F)c(-c3nnc4n3CCCCC4)c2)cc1. The van der Waals surface area contributed by atoms with E-state index >= 15 is 0 Å². The maximum absolute atomic E-state index is 14.6. The number of halogens is 1. The third-order valence-electron chi connectivity index (χ3n) is 5.43. The fourth-order valence-electron chi connectivity index (χ4n) is 3.69. The predicted molar refractivity (Wildman–Crippen MR) is 114 cm³/mol. The number of sulfonamides is 1. The molecule has 8 heteroatoms.